The lowest BCUT2D eigenvalue weighted by Gasteiger charge is -2.30. The summed E-state index contributed by atoms with van der Waals surface area (Å²) in [5.41, 5.74) is 1.23. The van der Waals surface area contributed by atoms with Crippen LogP contribution in [0, 0.1) is 5.92 Å². The average molecular weight is 337 g/mol. The summed E-state index contributed by atoms with van der Waals surface area (Å²) in [5, 5.41) is 9.63. The largest absolute Gasteiger partial charge is 0.481 e. The summed E-state index contributed by atoms with van der Waals surface area (Å²) in [4.78, 5) is 26.6. The van der Waals surface area contributed by atoms with Crippen LogP contribution >= 0.6 is 0 Å². The maximum absolute atomic E-state index is 13.1. The van der Waals surface area contributed by atoms with E-state index in [1.807, 2.05) is 74.5 Å². The summed E-state index contributed by atoms with van der Waals surface area (Å²) in [6.07, 6.45) is 0. The molecule has 2 aromatic carbocycles. The van der Waals surface area contributed by atoms with Gasteiger partial charge in [-0.15, -0.1) is 0 Å². The molecule has 0 unspecified atom stereocenters. The minimum absolute atomic E-state index is 0.0246. The number of carboxylic acid groups (broad SMARTS) is 1. The molecule has 0 aliphatic carbocycles. The minimum atomic E-state index is -0.846. The molecule has 1 aliphatic heterocycles. The van der Waals surface area contributed by atoms with Gasteiger partial charge in [0, 0.05) is 19.0 Å². The normalized spacial score (nSPS) is 20.5. The third-order valence-corrected chi connectivity index (χ3v) is 5.18. The van der Waals surface area contributed by atoms with E-state index in [4.69, 9.17) is 0 Å². The van der Waals surface area contributed by atoms with Crippen molar-refractivity contribution in [2.75, 3.05) is 13.1 Å². The van der Waals surface area contributed by atoms with E-state index in [1.165, 1.54) is 0 Å². The molecule has 1 N–H and O–H groups in total. The fourth-order valence-corrected chi connectivity index (χ4v) is 3.63. The highest BCUT2D eigenvalue weighted by Gasteiger charge is 2.44. The van der Waals surface area contributed by atoms with Crippen molar-refractivity contribution >= 4 is 11.9 Å². The van der Waals surface area contributed by atoms with Crippen LogP contribution in [0.5, 0.6) is 0 Å². The molecule has 0 bridgehead atoms. The summed E-state index contributed by atoms with van der Waals surface area (Å²) in [6.45, 7) is 4.49. The second-order valence-electron chi connectivity index (χ2n) is 7.16. The van der Waals surface area contributed by atoms with Crippen molar-refractivity contribution in [2.45, 2.75) is 25.2 Å². The maximum Gasteiger partial charge on any atom is 0.308 e. The van der Waals surface area contributed by atoms with Gasteiger partial charge in [0.05, 0.1) is 11.3 Å². The van der Waals surface area contributed by atoms with Crippen LogP contribution in [0.2, 0.25) is 0 Å². The Bertz CT molecular complexity index is 755. The maximum atomic E-state index is 13.1. The Hall–Kier alpha value is -2.62. The van der Waals surface area contributed by atoms with Gasteiger partial charge >= 0.3 is 5.97 Å². The molecule has 3 rings (SSSR count). The molecule has 130 valence electrons. The Kier molecular flexibility index (Phi) is 4.62. The topological polar surface area (TPSA) is 57.6 Å². The monoisotopic (exact) mass is 337 g/mol. The van der Waals surface area contributed by atoms with Crippen LogP contribution in [0.15, 0.2) is 60.7 Å². The van der Waals surface area contributed by atoms with Crippen molar-refractivity contribution in [2.24, 2.45) is 5.92 Å². The molecule has 1 aliphatic rings. The molecule has 0 aromatic heterocycles. The highest BCUT2D eigenvalue weighted by atomic mass is 16.4. The van der Waals surface area contributed by atoms with E-state index in [9.17, 15) is 14.7 Å². The molecule has 0 spiro atoms. The fourth-order valence-electron chi connectivity index (χ4n) is 3.63. The van der Waals surface area contributed by atoms with E-state index in [2.05, 4.69) is 0 Å². The number of carboxylic acids is 1. The molecule has 0 radical (unpaired) electrons. The van der Waals surface area contributed by atoms with Crippen LogP contribution in [0.3, 0.4) is 0 Å². The van der Waals surface area contributed by atoms with Crippen molar-refractivity contribution in [1.29, 1.82) is 0 Å². The van der Waals surface area contributed by atoms with Crippen molar-refractivity contribution < 1.29 is 14.7 Å². The number of aliphatic carboxylic acids is 1. The molecule has 1 saturated heterocycles. The van der Waals surface area contributed by atoms with Crippen LogP contribution in [-0.4, -0.2) is 35.0 Å². The Morgan fingerprint density at radius 3 is 2.08 bits per heavy atom. The van der Waals surface area contributed by atoms with E-state index in [0.717, 1.165) is 11.1 Å². The van der Waals surface area contributed by atoms with Gasteiger partial charge in [0.25, 0.3) is 0 Å². The number of rotatable bonds is 4. The van der Waals surface area contributed by atoms with Gasteiger partial charge in [0.15, 0.2) is 0 Å². The van der Waals surface area contributed by atoms with Gasteiger partial charge in [-0.05, 0) is 25.0 Å². The smallest absolute Gasteiger partial charge is 0.308 e. The van der Waals surface area contributed by atoms with Gasteiger partial charge < -0.3 is 10.0 Å². The highest BCUT2D eigenvalue weighted by Crippen LogP contribution is 2.36. The minimum Gasteiger partial charge on any atom is -0.481 e. The third kappa shape index (κ3) is 3.29. The standard InChI is InChI=1S/C21H23NO3/c1-21(2,16-11-7-4-8-12-16)20(25)22-13-17(18(14-22)19(23)24)15-9-5-3-6-10-15/h3-12,17-18H,13-14H2,1-2H3,(H,23,24)/t17-,18-/m0/s1. The predicted octanol–water partition coefficient (Wildman–Crippen LogP) is 3.29. The van der Waals surface area contributed by atoms with Gasteiger partial charge in [-0.2, -0.15) is 0 Å². The second kappa shape index (κ2) is 6.71. The van der Waals surface area contributed by atoms with E-state index in [1.54, 1.807) is 4.90 Å². The molecule has 4 heteroatoms. The Balaban J connectivity index is 1.86. The molecule has 4 nitrogen and oxygen atoms in total. The van der Waals surface area contributed by atoms with E-state index in [-0.39, 0.29) is 18.4 Å². The Labute approximate surface area is 148 Å². The lowest BCUT2D eigenvalue weighted by molar-refractivity contribution is -0.142. The van der Waals surface area contributed by atoms with Gasteiger partial charge in [-0.3, -0.25) is 9.59 Å². The van der Waals surface area contributed by atoms with Crippen LogP contribution in [0.25, 0.3) is 0 Å². The first-order chi connectivity index (χ1) is 11.9. The lowest BCUT2D eigenvalue weighted by Crippen LogP contribution is -2.42. The predicted molar refractivity (Wildman–Crippen MR) is 96.4 cm³/mol. The summed E-state index contributed by atoms with van der Waals surface area (Å²) < 4.78 is 0. The van der Waals surface area contributed by atoms with Gasteiger partial charge in [0.2, 0.25) is 5.91 Å². The van der Waals surface area contributed by atoms with E-state index < -0.39 is 17.3 Å². The first-order valence-electron chi connectivity index (χ1n) is 8.54. The van der Waals surface area contributed by atoms with Crippen molar-refractivity contribution in [3.8, 4) is 0 Å². The van der Waals surface area contributed by atoms with Gasteiger partial charge in [0.1, 0.15) is 0 Å². The summed E-state index contributed by atoms with van der Waals surface area (Å²) >= 11 is 0. The summed E-state index contributed by atoms with van der Waals surface area (Å²) in [6, 6.07) is 19.3. The average Bonchev–Trinajstić information content (AvgIpc) is 3.08. The summed E-state index contributed by atoms with van der Waals surface area (Å²) in [7, 11) is 0. The first-order valence-corrected chi connectivity index (χ1v) is 8.54. The van der Waals surface area contributed by atoms with Crippen molar-refractivity contribution in [3.05, 3.63) is 71.8 Å². The zero-order chi connectivity index (χ0) is 18.0. The van der Waals surface area contributed by atoms with Gasteiger partial charge in [-0.1, -0.05) is 60.7 Å². The van der Waals surface area contributed by atoms with Crippen LogP contribution in [0.4, 0.5) is 0 Å². The van der Waals surface area contributed by atoms with Crippen LogP contribution < -0.4 is 0 Å². The lowest BCUT2D eigenvalue weighted by atomic mass is 9.83. The molecular weight excluding hydrogens is 314 g/mol. The number of amides is 1. The molecule has 25 heavy (non-hydrogen) atoms. The SMILES string of the molecule is CC(C)(C(=O)N1C[C@H](C(=O)O)[C@H](c2ccccc2)C1)c1ccccc1. The van der Waals surface area contributed by atoms with Crippen LogP contribution in [0.1, 0.15) is 30.9 Å². The number of carbonyl (C=O) groups excluding carboxylic acids is 1. The number of benzene rings is 2. The highest BCUT2D eigenvalue weighted by molar-refractivity contribution is 5.88. The zero-order valence-corrected chi connectivity index (χ0v) is 14.6. The number of hydrogen-bond acceptors (Lipinski definition) is 2. The molecule has 1 amide bonds. The van der Waals surface area contributed by atoms with Gasteiger partial charge in [-0.25, -0.2) is 0 Å². The van der Waals surface area contributed by atoms with Crippen molar-refractivity contribution in [3.63, 3.8) is 0 Å². The number of likely N-dealkylation sites (tertiary alicyclic amines) is 1. The molecule has 2 atom stereocenters. The van der Waals surface area contributed by atoms with E-state index in [0.29, 0.717) is 6.54 Å². The first kappa shape index (κ1) is 17.2. The van der Waals surface area contributed by atoms with Crippen LogP contribution in [-0.2, 0) is 15.0 Å². The number of carbonyl (C=O) groups is 2. The Morgan fingerprint density at radius 1 is 0.960 bits per heavy atom. The van der Waals surface area contributed by atoms with E-state index >= 15 is 0 Å². The van der Waals surface area contributed by atoms with Crippen molar-refractivity contribution in [1.82, 2.24) is 4.90 Å². The zero-order valence-electron chi connectivity index (χ0n) is 14.6. The fraction of sp³-hybridized carbons (Fsp3) is 0.333. The molecular formula is C21H23NO3. The molecule has 0 saturated carbocycles. The quantitative estimate of drug-likeness (QED) is 0.931. The summed E-state index contributed by atoms with van der Waals surface area (Å²) in [5.74, 6) is -1.61. The molecule has 1 heterocycles. The third-order valence-electron chi connectivity index (χ3n) is 5.18. The second-order valence-corrected chi connectivity index (χ2v) is 7.16. The number of hydrogen-bond donors (Lipinski definition) is 1. The Morgan fingerprint density at radius 2 is 1.52 bits per heavy atom. The number of nitrogens with zero attached hydrogens (tertiary/aromatic N) is 1. The molecule has 2 aromatic rings. The molecule has 1 fully saturated rings.